The summed E-state index contributed by atoms with van der Waals surface area (Å²) in [7, 11) is -4.11. The number of carbonyl (C=O) groups is 1. The van der Waals surface area contributed by atoms with Gasteiger partial charge in [-0.15, -0.1) is 0 Å². The number of hydrogen-bond donors (Lipinski definition) is 4. The first-order valence-electron chi connectivity index (χ1n) is 4.16. The van der Waals surface area contributed by atoms with Crippen LogP contribution in [0.2, 0.25) is 0 Å². The highest BCUT2D eigenvalue weighted by molar-refractivity contribution is 7.90. The molecule has 0 saturated carbocycles. The smallest absolute Gasteiger partial charge is 0.323 e. The Morgan fingerprint density at radius 3 is 2.07 bits per heavy atom. The molecule has 0 aromatic rings. The van der Waals surface area contributed by atoms with Gasteiger partial charge in [0, 0.05) is 0 Å². The Kier molecular flexibility index (Phi) is 4.65. The number of carboxylic acids is 1. The van der Waals surface area contributed by atoms with Gasteiger partial charge >= 0.3 is 5.97 Å². The fourth-order valence-corrected chi connectivity index (χ4v) is 1.94. The first-order chi connectivity index (χ1) is 6.68. The summed E-state index contributed by atoms with van der Waals surface area (Å²) in [6.45, 7) is 1.00. The molecule has 0 heterocycles. The van der Waals surface area contributed by atoms with Crippen molar-refractivity contribution in [1.82, 2.24) is 4.72 Å². The molecule has 0 aliphatic carbocycles. The monoisotopic (exact) mass is 241 g/mol. The molecule has 0 amide bonds. The van der Waals surface area contributed by atoms with Crippen LogP contribution in [-0.4, -0.2) is 53.7 Å². The van der Waals surface area contributed by atoms with Crippen LogP contribution in [0.4, 0.5) is 0 Å². The Bertz CT molecular complexity index is 320. The molecule has 8 heteroatoms. The summed E-state index contributed by atoms with van der Waals surface area (Å²) < 4.78 is 24.7. The van der Waals surface area contributed by atoms with Crippen molar-refractivity contribution in [2.24, 2.45) is 0 Å². The van der Waals surface area contributed by atoms with Gasteiger partial charge in [0.1, 0.15) is 0 Å². The average Bonchev–Trinajstić information content (AvgIpc) is 2.15. The Morgan fingerprint density at radius 1 is 1.40 bits per heavy atom. The van der Waals surface area contributed by atoms with Crippen molar-refractivity contribution < 1.29 is 28.5 Å². The number of aliphatic hydroxyl groups is 2. The minimum atomic E-state index is -4.11. The molecule has 90 valence electrons. The molecule has 1 unspecified atom stereocenters. The topological polar surface area (TPSA) is 124 Å². The standard InChI is InChI=1S/C7H15NO6S/c1-5(6(11)12)15(13,14)8-7(2,3-9)4-10/h5,8-10H,3-4H2,1-2H3,(H,11,12). The molecule has 0 bridgehead atoms. The van der Waals surface area contributed by atoms with Gasteiger partial charge in [-0.3, -0.25) is 4.79 Å². The molecule has 15 heavy (non-hydrogen) atoms. The van der Waals surface area contributed by atoms with Crippen molar-refractivity contribution in [3.63, 3.8) is 0 Å². The molecule has 0 aromatic carbocycles. The zero-order valence-electron chi connectivity index (χ0n) is 8.47. The number of hydrogen-bond acceptors (Lipinski definition) is 5. The van der Waals surface area contributed by atoms with E-state index in [-0.39, 0.29) is 0 Å². The second-order valence-corrected chi connectivity index (χ2v) is 5.51. The van der Waals surface area contributed by atoms with Gasteiger partial charge < -0.3 is 15.3 Å². The van der Waals surface area contributed by atoms with Crippen LogP contribution in [0.1, 0.15) is 13.8 Å². The Hall–Kier alpha value is -0.700. The first-order valence-corrected chi connectivity index (χ1v) is 5.70. The van der Waals surface area contributed by atoms with E-state index in [1.165, 1.54) is 6.92 Å². The van der Waals surface area contributed by atoms with Crippen LogP contribution >= 0.6 is 0 Å². The molecular weight excluding hydrogens is 226 g/mol. The molecular formula is C7H15NO6S. The molecule has 0 saturated heterocycles. The summed E-state index contributed by atoms with van der Waals surface area (Å²) in [4.78, 5) is 10.5. The molecule has 7 nitrogen and oxygen atoms in total. The van der Waals surface area contributed by atoms with Gasteiger partial charge in [0.05, 0.1) is 18.8 Å². The molecule has 0 fully saturated rings. The SMILES string of the molecule is CC(C(=O)O)S(=O)(=O)NC(C)(CO)CO. The molecule has 0 spiro atoms. The van der Waals surface area contributed by atoms with E-state index in [1.54, 1.807) is 0 Å². The maximum Gasteiger partial charge on any atom is 0.323 e. The minimum absolute atomic E-state index is 0.630. The maximum absolute atomic E-state index is 11.4. The van der Waals surface area contributed by atoms with Crippen LogP contribution in [0.5, 0.6) is 0 Å². The highest BCUT2D eigenvalue weighted by Gasteiger charge is 2.35. The Labute approximate surface area is 87.8 Å². The van der Waals surface area contributed by atoms with Crippen molar-refractivity contribution in [2.75, 3.05) is 13.2 Å². The summed E-state index contributed by atoms with van der Waals surface area (Å²) in [5.74, 6) is -1.50. The summed E-state index contributed by atoms with van der Waals surface area (Å²) in [6.07, 6.45) is 0. The van der Waals surface area contributed by atoms with E-state index in [4.69, 9.17) is 15.3 Å². The third kappa shape index (κ3) is 3.74. The Balaban J connectivity index is 4.86. The van der Waals surface area contributed by atoms with Crippen LogP contribution in [0.15, 0.2) is 0 Å². The Morgan fingerprint density at radius 2 is 1.80 bits per heavy atom. The predicted molar refractivity (Wildman–Crippen MR) is 51.7 cm³/mol. The van der Waals surface area contributed by atoms with E-state index in [0.29, 0.717) is 0 Å². The summed E-state index contributed by atoms with van der Waals surface area (Å²) in [6, 6.07) is 0. The van der Waals surface area contributed by atoms with Gasteiger partial charge in [0.15, 0.2) is 5.25 Å². The van der Waals surface area contributed by atoms with E-state index in [1.807, 2.05) is 4.72 Å². The molecule has 0 rings (SSSR count). The fourth-order valence-electron chi connectivity index (χ4n) is 0.679. The van der Waals surface area contributed by atoms with Crippen molar-refractivity contribution in [1.29, 1.82) is 0 Å². The van der Waals surface area contributed by atoms with Crippen LogP contribution in [0.25, 0.3) is 0 Å². The highest BCUT2D eigenvalue weighted by atomic mass is 32.2. The van der Waals surface area contributed by atoms with E-state index in [2.05, 4.69) is 0 Å². The zero-order chi connectivity index (χ0) is 12.3. The third-order valence-electron chi connectivity index (χ3n) is 1.90. The molecule has 0 aliphatic heterocycles. The number of aliphatic hydroxyl groups excluding tert-OH is 2. The second-order valence-electron chi connectivity index (χ2n) is 3.50. The van der Waals surface area contributed by atoms with Crippen molar-refractivity contribution in [2.45, 2.75) is 24.6 Å². The lowest BCUT2D eigenvalue weighted by atomic mass is 10.1. The van der Waals surface area contributed by atoms with Gasteiger partial charge in [-0.05, 0) is 13.8 Å². The molecule has 0 aliphatic rings. The summed E-state index contributed by atoms with van der Waals surface area (Å²) in [5.41, 5.74) is -1.46. The van der Waals surface area contributed by atoms with Crippen LogP contribution in [0, 0.1) is 0 Å². The number of nitrogens with one attached hydrogen (secondary N) is 1. The number of sulfonamides is 1. The minimum Gasteiger partial charge on any atom is -0.480 e. The second kappa shape index (κ2) is 4.88. The summed E-state index contributed by atoms with van der Waals surface area (Å²) >= 11 is 0. The largest absolute Gasteiger partial charge is 0.480 e. The number of rotatable bonds is 6. The molecule has 0 radical (unpaired) electrons. The lowest BCUT2D eigenvalue weighted by molar-refractivity contribution is -0.136. The van der Waals surface area contributed by atoms with Gasteiger partial charge in [0.2, 0.25) is 10.0 Å². The predicted octanol–water partition coefficient (Wildman–Crippen LogP) is -1.88. The van der Waals surface area contributed by atoms with Crippen molar-refractivity contribution >= 4 is 16.0 Å². The van der Waals surface area contributed by atoms with E-state index >= 15 is 0 Å². The maximum atomic E-state index is 11.4. The first kappa shape index (κ1) is 14.3. The van der Waals surface area contributed by atoms with Crippen LogP contribution in [0.3, 0.4) is 0 Å². The molecule has 0 aromatic heterocycles. The quantitative estimate of drug-likeness (QED) is 0.431. The third-order valence-corrected chi connectivity index (χ3v) is 3.81. The average molecular weight is 241 g/mol. The van der Waals surface area contributed by atoms with E-state index < -0.39 is 40.0 Å². The lowest BCUT2D eigenvalue weighted by Crippen LogP contribution is -2.54. The lowest BCUT2D eigenvalue weighted by Gasteiger charge is -2.26. The van der Waals surface area contributed by atoms with Crippen LogP contribution < -0.4 is 4.72 Å². The normalized spacial score (nSPS) is 14.9. The molecule has 4 N–H and O–H groups in total. The van der Waals surface area contributed by atoms with Gasteiger partial charge in [-0.1, -0.05) is 0 Å². The highest BCUT2D eigenvalue weighted by Crippen LogP contribution is 2.07. The van der Waals surface area contributed by atoms with Gasteiger partial charge in [0.25, 0.3) is 0 Å². The fraction of sp³-hybridized carbons (Fsp3) is 0.857. The van der Waals surface area contributed by atoms with E-state index in [0.717, 1.165) is 6.92 Å². The zero-order valence-corrected chi connectivity index (χ0v) is 9.28. The van der Waals surface area contributed by atoms with Gasteiger partial charge in [-0.25, -0.2) is 13.1 Å². The van der Waals surface area contributed by atoms with Gasteiger partial charge in [-0.2, -0.15) is 0 Å². The summed E-state index contributed by atoms with van der Waals surface area (Å²) in [5, 5.41) is 24.5. The van der Waals surface area contributed by atoms with Crippen LogP contribution in [-0.2, 0) is 14.8 Å². The van der Waals surface area contributed by atoms with Crippen molar-refractivity contribution in [3.05, 3.63) is 0 Å². The van der Waals surface area contributed by atoms with E-state index in [9.17, 15) is 13.2 Å². The number of aliphatic carboxylic acids is 1. The molecule has 1 atom stereocenters. The number of carboxylic acid groups (broad SMARTS) is 1. The van der Waals surface area contributed by atoms with Crippen molar-refractivity contribution in [3.8, 4) is 0 Å².